The Hall–Kier alpha value is -2.93. The molecule has 21 heavy (non-hydrogen) atoms. The molecule has 0 atom stereocenters. The Balaban J connectivity index is 1.75. The van der Waals surface area contributed by atoms with Gasteiger partial charge in [0.15, 0.2) is 0 Å². The largest absolute Gasteiger partial charge is 0.490 e. The fraction of sp³-hybridized carbons (Fsp3) is 0.118. The average Bonchev–Trinajstić information content (AvgIpc) is 2.92. The third kappa shape index (κ3) is 2.54. The van der Waals surface area contributed by atoms with Gasteiger partial charge < -0.3 is 15.0 Å². The van der Waals surface area contributed by atoms with E-state index in [4.69, 9.17) is 15.7 Å². The number of nitriles is 1. The molecule has 4 heteroatoms. The number of nitrogens with zero attached hydrogens (tertiary/aromatic N) is 2. The Kier molecular flexibility index (Phi) is 3.48. The summed E-state index contributed by atoms with van der Waals surface area (Å²) in [6, 6.07) is 17.4. The molecule has 4 nitrogen and oxygen atoms in total. The van der Waals surface area contributed by atoms with E-state index >= 15 is 0 Å². The van der Waals surface area contributed by atoms with Gasteiger partial charge in [-0.05, 0) is 30.3 Å². The second-order valence-corrected chi connectivity index (χ2v) is 4.75. The van der Waals surface area contributed by atoms with E-state index in [1.807, 2.05) is 54.7 Å². The number of fused-ring (bicyclic) bond motifs is 1. The van der Waals surface area contributed by atoms with E-state index < -0.39 is 0 Å². The van der Waals surface area contributed by atoms with Gasteiger partial charge >= 0.3 is 0 Å². The third-order valence-electron chi connectivity index (χ3n) is 3.44. The Morgan fingerprint density at radius 3 is 2.76 bits per heavy atom. The van der Waals surface area contributed by atoms with Crippen LogP contribution in [0.4, 0.5) is 5.69 Å². The number of aromatic nitrogens is 1. The fourth-order valence-electron chi connectivity index (χ4n) is 2.38. The lowest BCUT2D eigenvalue weighted by Crippen LogP contribution is -2.08. The van der Waals surface area contributed by atoms with Gasteiger partial charge in [0.2, 0.25) is 0 Å². The van der Waals surface area contributed by atoms with Crippen LogP contribution in [0.3, 0.4) is 0 Å². The first-order valence-corrected chi connectivity index (χ1v) is 6.75. The van der Waals surface area contributed by atoms with Gasteiger partial charge in [0, 0.05) is 17.1 Å². The van der Waals surface area contributed by atoms with Gasteiger partial charge in [-0.25, -0.2) is 0 Å². The van der Waals surface area contributed by atoms with E-state index in [0.717, 1.165) is 10.9 Å². The van der Waals surface area contributed by atoms with E-state index in [0.29, 0.717) is 30.2 Å². The highest BCUT2D eigenvalue weighted by atomic mass is 16.5. The zero-order valence-electron chi connectivity index (χ0n) is 11.5. The summed E-state index contributed by atoms with van der Waals surface area (Å²) in [5.41, 5.74) is 8.22. The zero-order valence-corrected chi connectivity index (χ0v) is 11.5. The van der Waals surface area contributed by atoms with Crippen molar-refractivity contribution in [3.05, 3.63) is 60.3 Å². The number of ether oxygens (including phenoxy) is 1. The molecule has 0 radical (unpaired) electrons. The van der Waals surface area contributed by atoms with E-state index in [1.54, 1.807) is 0 Å². The van der Waals surface area contributed by atoms with Gasteiger partial charge in [0.25, 0.3) is 0 Å². The van der Waals surface area contributed by atoms with Crippen molar-refractivity contribution in [1.29, 1.82) is 5.26 Å². The van der Waals surface area contributed by atoms with Gasteiger partial charge in [-0.2, -0.15) is 5.26 Å². The number of hydrogen-bond acceptors (Lipinski definition) is 3. The number of anilines is 1. The topological polar surface area (TPSA) is 64.0 Å². The maximum atomic E-state index is 9.10. The molecule has 0 aliphatic rings. The van der Waals surface area contributed by atoms with Crippen LogP contribution in [0.25, 0.3) is 10.9 Å². The Labute approximate surface area is 123 Å². The van der Waals surface area contributed by atoms with Crippen molar-refractivity contribution >= 4 is 16.6 Å². The van der Waals surface area contributed by atoms with E-state index in [1.165, 1.54) is 0 Å². The number of nitrogen functional groups attached to an aromatic ring is 1. The van der Waals surface area contributed by atoms with Crippen LogP contribution in [0.5, 0.6) is 5.75 Å². The Morgan fingerprint density at radius 1 is 1.10 bits per heavy atom. The van der Waals surface area contributed by atoms with Crippen LogP contribution in [-0.2, 0) is 6.54 Å². The highest BCUT2D eigenvalue weighted by Gasteiger charge is 2.05. The van der Waals surface area contributed by atoms with Crippen LogP contribution >= 0.6 is 0 Å². The van der Waals surface area contributed by atoms with Crippen LogP contribution in [0.1, 0.15) is 5.56 Å². The average molecular weight is 277 g/mol. The van der Waals surface area contributed by atoms with E-state index in [2.05, 4.69) is 10.6 Å². The van der Waals surface area contributed by atoms with Crippen LogP contribution < -0.4 is 10.5 Å². The lowest BCUT2D eigenvalue weighted by molar-refractivity contribution is 0.302. The molecule has 2 aromatic carbocycles. The van der Waals surface area contributed by atoms with Gasteiger partial charge in [-0.1, -0.05) is 18.2 Å². The predicted octanol–water partition coefficient (Wildman–Crippen LogP) is 3.17. The van der Waals surface area contributed by atoms with Gasteiger partial charge in [-0.15, -0.1) is 0 Å². The molecule has 1 heterocycles. The second-order valence-electron chi connectivity index (χ2n) is 4.75. The molecule has 3 rings (SSSR count). The monoisotopic (exact) mass is 277 g/mol. The Bertz CT molecular complexity index is 814. The predicted molar refractivity (Wildman–Crippen MR) is 83.0 cm³/mol. The van der Waals surface area contributed by atoms with Gasteiger partial charge in [0.1, 0.15) is 12.4 Å². The van der Waals surface area contributed by atoms with Crippen molar-refractivity contribution in [1.82, 2.24) is 4.57 Å². The van der Waals surface area contributed by atoms with Crippen molar-refractivity contribution in [2.75, 3.05) is 12.3 Å². The number of nitrogens with two attached hydrogens (primary N) is 1. The fourth-order valence-corrected chi connectivity index (χ4v) is 2.38. The molecule has 0 unspecified atom stereocenters. The van der Waals surface area contributed by atoms with Crippen LogP contribution in [-0.4, -0.2) is 11.2 Å². The van der Waals surface area contributed by atoms with Crippen LogP contribution in [0.15, 0.2) is 54.7 Å². The summed E-state index contributed by atoms with van der Waals surface area (Å²) in [5.74, 6) is 0.701. The number of rotatable bonds is 4. The lowest BCUT2D eigenvalue weighted by atomic mass is 10.1. The van der Waals surface area contributed by atoms with E-state index in [-0.39, 0.29) is 0 Å². The standard InChI is InChI=1S/C17H15N3O/c18-12-13-4-3-6-16-14(13)8-9-20(16)10-11-21-17-7-2-1-5-15(17)19/h1-9H,10-11,19H2. The minimum absolute atomic E-state index is 0.523. The smallest absolute Gasteiger partial charge is 0.142 e. The van der Waals surface area contributed by atoms with Crippen molar-refractivity contribution in [2.24, 2.45) is 0 Å². The summed E-state index contributed by atoms with van der Waals surface area (Å²) in [4.78, 5) is 0. The lowest BCUT2D eigenvalue weighted by Gasteiger charge is -2.10. The third-order valence-corrected chi connectivity index (χ3v) is 3.44. The second kappa shape index (κ2) is 5.59. The zero-order chi connectivity index (χ0) is 14.7. The summed E-state index contributed by atoms with van der Waals surface area (Å²) in [6.45, 7) is 1.22. The SMILES string of the molecule is N#Cc1cccc2c1ccn2CCOc1ccccc1N. The maximum Gasteiger partial charge on any atom is 0.142 e. The van der Waals surface area contributed by atoms with Crippen molar-refractivity contribution in [3.63, 3.8) is 0 Å². The molecule has 0 amide bonds. The summed E-state index contributed by atoms with van der Waals surface area (Å²) in [6.07, 6.45) is 1.98. The summed E-state index contributed by atoms with van der Waals surface area (Å²) in [5, 5.41) is 10.1. The molecule has 0 spiro atoms. The first-order chi connectivity index (χ1) is 10.3. The van der Waals surface area contributed by atoms with Crippen molar-refractivity contribution < 1.29 is 4.74 Å². The van der Waals surface area contributed by atoms with E-state index in [9.17, 15) is 0 Å². The first kappa shape index (κ1) is 13.1. The van der Waals surface area contributed by atoms with Crippen LogP contribution in [0.2, 0.25) is 0 Å². The molecule has 0 saturated heterocycles. The minimum atomic E-state index is 0.523. The maximum absolute atomic E-state index is 9.10. The van der Waals surface area contributed by atoms with Crippen molar-refractivity contribution in [2.45, 2.75) is 6.54 Å². The summed E-state index contributed by atoms with van der Waals surface area (Å²) < 4.78 is 7.78. The molecule has 0 aliphatic heterocycles. The molecule has 0 saturated carbocycles. The molecular formula is C17H15N3O. The van der Waals surface area contributed by atoms with Gasteiger partial charge in [-0.3, -0.25) is 0 Å². The van der Waals surface area contributed by atoms with Crippen LogP contribution in [0, 0.1) is 11.3 Å². The highest BCUT2D eigenvalue weighted by molar-refractivity contribution is 5.85. The normalized spacial score (nSPS) is 10.4. The number of para-hydroxylation sites is 2. The minimum Gasteiger partial charge on any atom is -0.490 e. The molecule has 2 N–H and O–H groups in total. The molecule has 104 valence electrons. The number of benzene rings is 2. The molecule has 1 aromatic heterocycles. The van der Waals surface area contributed by atoms with Crippen molar-refractivity contribution in [3.8, 4) is 11.8 Å². The highest BCUT2D eigenvalue weighted by Crippen LogP contribution is 2.21. The molecule has 0 bridgehead atoms. The Morgan fingerprint density at radius 2 is 1.95 bits per heavy atom. The molecular weight excluding hydrogens is 262 g/mol. The molecule has 0 aliphatic carbocycles. The van der Waals surface area contributed by atoms with Gasteiger partial charge in [0.05, 0.1) is 23.9 Å². The summed E-state index contributed by atoms with van der Waals surface area (Å²) in [7, 11) is 0. The first-order valence-electron chi connectivity index (χ1n) is 6.75. The molecule has 3 aromatic rings. The quantitative estimate of drug-likeness (QED) is 0.745. The summed E-state index contributed by atoms with van der Waals surface area (Å²) >= 11 is 0. The number of hydrogen-bond donors (Lipinski definition) is 1. The molecule has 0 fully saturated rings.